The van der Waals surface area contributed by atoms with Gasteiger partial charge in [-0.2, -0.15) is 4.37 Å². The zero-order chi connectivity index (χ0) is 22.6. The molecule has 1 aromatic heterocycles. The Morgan fingerprint density at radius 3 is 2.58 bits per heavy atom. The molecule has 1 aliphatic heterocycles. The van der Waals surface area contributed by atoms with Crippen molar-refractivity contribution in [2.45, 2.75) is 19.3 Å². The molecule has 1 fully saturated rings. The summed E-state index contributed by atoms with van der Waals surface area (Å²) in [6.45, 7) is 2.49. The minimum atomic E-state index is -0.234. The largest absolute Gasteiger partial charge is 0.352 e. The number of piperidine rings is 1. The lowest BCUT2D eigenvalue weighted by molar-refractivity contribution is 0.0945. The molecule has 0 radical (unpaired) electrons. The number of anilines is 1. The summed E-state index contributed by atoms with van der Waals surface area (Å²) in [5, 5.41) is 6.27. The Hall–Kier alpha value is -3.32. The van der Waals surface area contributed by atoms with E-state index in [1.807, 2.05) is 36.4 Å². The van der Waals surface area contributed by atoms with Crippen molar-refractivity contribution in [1.29, 1.82) is 0 Å². The Kier molecular flexibility index (Phi) is 6.30. The van der Waals surface area contributed by atoms with Crippen molar-refractivity contribution in [3.63, 3.8) is 0 Å². The van der Waals surface area contributed by atoms with Crippen LogP contribution in [0.4, 0.5) is 9.52 Å². The second-order valence-electron chi connectivity index (χ2n) is 8.50. The van der Waals surface area contributed by atoms with Gasteiger partial charge in [-0.05, 0) is 59.4 Å². The van der Waals surface area contributed by atoms with Gasteiger partial charge >= 0.3 is 0 Å². The van der Waals surface area contributed by atoms with Crippen LogP contribution in [0.2, 0.25) is 0 Å². The molecule has 1 amide bonds. The van der Waals surface area contributed by atoms with Crippen molar-refractivity contribution in [2.24, 2.45) is 5.92 Å². The maximum atomic E-state index is 13.1. The van der Waals surface area contributed by atoms with E-state index in [-0.39, 0.29) is 11.7 Å². The number of halogens is 1. The average molecular weight is 461 g/mol. The van der Waals surface area contributed by atoms with Crippen LogP contribution in [0.25, 0.3) is 10.8 Å². The fourth-order valence-electron chi connectivity index (χ4n) is 4.23. The standard InChI is InChI=1S/C26H25FN4OS/c27-23-9-5-18(6-10-23)15-24-29-26(33-30-24)31-13-11-19(12-14-31)17-28-25(32)22-8-7-20-3-1-2-4-21(20)16-22/h1-10,16,19H,11-15,17H2,(H,28,32). The normalized spacial score (nSPS) is 14.5. The lowest BCUT2D eigenvalue weighted by atomic mass is 9.97. The quantitative estimate of drug-likeness (QED) is 0.437. The van der Waals surface area contributed by atoms with Crippen molar-refractivity contribution in [3.8, 4) is 0 Å². The Bertz CT molecular complexity index is 1250. The van der Waals surface area contributed by atoms with Crippen LogP contribution >= 0.6 is 11.5 Å². The van der Waals surface area contributed by atoms with Crippen molar-refractivity contribution in [3.05, 3.63) is 89.5 Å². The highest BCUT2D eigenvalue weighted by Gasteiger charge is 2.22. The van der Waals surface area contributed by atoms with Gasteiger partial charge in [0.25, 0.3) is 5.91 Å². The molecule has 0 bridgehead atoms. The van der Waals surface area contributed by atoms with Crippen LogP contribution in [0.3, 0.4) is 0 Å². The maximum absolute atomic E-state index is 13.1. The monoisotopic (exact) mass is 460 g/mol. The number of nitrogens with zero attached hydrogens (tertiary/aromatic N) is 3. The third-order valence-corrected chi connectivity index (χ3v) is 7.00. The average Bonchev–Trinajstić information content (AvgIpc) is 3.32. The molecule has 1 saturated heterocycles. The molecule has 33 heavy (non-hydrogen) atoms. The van der Waals surface area contributed by atoms with Crippen molar-refractivity contribution in [1.82, 2.24) is 14.7 Å². The van der Waals surface area contributed by atoms with E-state index in [2.05, 4.69) is 25.6 Å². The Morgan fingerprint density at radius 1 is 1.03 bits per heavy atom. The zero-order valence-corrected chi connectivity index (χ0v) is 19.0. The summed E-state index contributed by atoms with van der Waals surface area (Å²) in [6, 6.07) is 20.4. The number of benzene rings is 3. The summed E-state index contributed by atoms with van der Waals surface area (Å²) in [6.07, 6.45) is 2.61. The zero-order valence-electron chi connectivity index (χ0n) is 18.2. The van der Waals surface area contributed by atoms with E-state index in [1.54, 1.807) is 12.1 Å². The number of rotatable bonds is 6. The van der Waals surface area contributed by atoms with Gasteiger partial charge in [-0.1, -0.05) is 42.5 Å². The molecular formula is C26H25FN4OS. The number of hydrogen-bond donors (Lipinski definition) is 1. The van der Waals surface area contributed by atoms with Gasteiger partial charge in [-0.15, -0.1) is 0 Å². The van der Waals surface area contributed by atoms with Crippen LogP contribution in [0.5, 0.6) is 0 Å². The van der Waals surface area contributed by atoms with E-state index in [1.165, 1.54) is 23.7 Å². The fraction of sp³-hybridized carbons (Fsp3) is 0.269. The molecule has 5 rings (SSSR count). The minimum Gasteiger partial charge on any atom is -0.352 e. The van der Waals surface area contributed by atoms with Crippen molar-refractivity contribution >= 4 is 33.3 Å². The number of hydrogen-bond acceptors (Lipinski definition) is 5. The number of fused-ring (bicyclic) bond motifs is 1. The molecule has 7 heteroatoms. The molecule has 0 aliphatic carbocycles. The number of amides is 1. The fourth-order valence-corrected chi connectivity index (χ4v) is 4.96. The Balaban J connectivity index is 1.11. The van der Waals surface area contributed by atoms with Gasteiger partial charge in [0, 0.05) is 43.2 Å². The topological polar surface area (TPSA) is 58.1 Å². The molecule has 0 spiro atoms. The molecule has 168 valence electrons. The first kappa shape index (κ1) is 21.5. The summed E-state index contributed by atoms with van der Waals surface area (Å²) in [5.74, 6) is 0.975. The third kappa shape index (κ3) is 5.20. The molecule has 5 nitrogen and oxygen atoms in total. The van der Waals surface area contributed by atoms with Gasteiger partial charge in [-0.3, -0.25) is 4.79 Å². The first-order valence-electron chi connectivity index (χ1n) is 11.2. The molecular weight excluding hydrogens is 435 g/mol. The van der Waals surface area contributed by atoms with Crippen LogP contribution in [0.1, 0.15) is 34.6 Å². The molecule has 0 atom stereocenters. The number of carbonyl (C=O) groups is 1. The van der Waals surface area contributed by atoms with Crippen LogP contribution in [0, 0.1) is 11.7 Å². The number of carbonyl (C=O) groups excluding carboxylic acids is 1. The highest BCUT2D eigenvalue weighted by molar-refractivity contribution is 7.09. The van der Waals surface area contributed by atoms with Crippen molar-refractivity contribution in [2.75, 3.05) is 24.5 Å². The predicted molar refractivity (Wildman–Crippen MR) is 130 cm³/mol. The van der Waals surface area contributed by atoms with E-state index in [0.29, 0.717) is 24.4 Å². The van der Waals surface area contributed by atoms with Crippen molar-refractivity contribution < 1.29 is 9.18 Å². The van der Waals surface area contributed by atoms with Gasteiger partial charge in [-0.25, -0.2) is 9.37 Å². The second kappa shape index (κ2) is 9.67. The van der Waals surface area contributed by atoms with Crippen LogP contribution < -0.4 is 10.2 Å². The lowest BCUT2D eigenvalue weighted by Gasteiger charge is -2.31. The summed E-state index contributed by atoms with van der Waals surface area (Å²) >= 11 is 1.42. The molecule has 1 N–H and O–H groups in total. The summed E-state index contributed by atoms with van der Waals surface area (Å²) in [5.41, 5.74) is 1.70. The Labute approximate surface area is 196 Å². The molecule has 2 heterocycles. The van der Waals surface area contributed by atoms with Gasteiger partial charge < -0.3 is 10.2 Å². The van der Waals surface area contributed by atoms with Gasteiger partial charge in [0.15, 0.2) is 0 Å². The smallest absolute Gasteiger partial charge is 0.251 e. The predicted octanol–water partition coefficient (Wildman–Crippen LogP) is 5.07. The number of nitrogens with one attached hydrogen (secondary N) is 1. The van der Waals surface area contributed by atoms with Gasteiger partial charge in [0.05, 0.1) is 0 Å². The Morgan fingerprint density at radius 2 is 1.79 bits per heavy atom. The lowest BCUT2D eigenvalue weighted by Crippen LogP contribution is -2.38. The minimum absolute atomic E-state index is 0.0160. The van der Waals surface area contributed by atoms with E-state index in [9.17, 15) is 9.18 Å². The highest BCUT2D eigenvalue weighted by atomic mass is 32.1. The molecule has 0 unspecified atom stereocenters. The van der Waals surface area contributed by atoms with E-state index in [0.717, 1.165) is 53.2 Å². The molecule has 0 saturated carbocycles. The SMILES string of the molecule is O=C(NCC1CCN(c2nc(Cc3ccc(F)cc3)ns2)CC1)c1ccc2ccccc2c1. The molecule has 4 aromatic rings. The molecule has 3 aromatic carbocycles. The molecule has 1 aliphatic rings. The van der Waals surface area contributed by atoms with E-state index in [4.69, 9.17) is 0 Å². The maximum Gasteiger partial charge on any atom is 0.251 e. The number of aromatic nitrogens is 2. The summed E-state index contributed by atoms with van der Waals surface area (Å²) in [7, 11) is 0. The summed E-state index contributed by atoms with van der Waals surface area (Å²) in [4.78, 5) is 19.6. The van der Waals surface area contributed by atoms with E-state index >= 15 is 0 Å². The summed E-state index contributed by atoms with van der Waals surface area (Å²) < 4.78 is 17.6. The van der Waals surface area contributed by atoms with Gasteiger partial charge in [0.2, 0.25) is 5.13 Å². The highest BCUT2D eigenvalue weighted by Crippen LogP contribution is 2.25. The van der Waals surface area contributed by atoms with E-state index < -0.39 is 0 Å². The van der Waals surface area contributed by atoms with Crippen LogP contribution in [-0.2, 0) is 6.42 Å². The third-order valence-electron chi connectivity index (χ3n) is 6.18. The van der Waals surface area contributed by atoms with Gasteiger partial charge in [0.1, 0.15) is 11.6 Å². The van der Waals surface area contributed by atoms with Crippen LogP contribution in [0.15, 0.2) is 66.7 Å². The first-order chi connectivity index (χ1) is 16.1. The first-order valence-corrected chi connectivity index (χ1v) is 12.0. The second-order valence-corrected chi connectivity index (χ2v) is 9.23. The van der Waals surface area contributed by atoms with Crippen LogP contribution in [-0.4, -0.2) is 34.9 Å².